The lowest BCUT2D eigenvalue weighted by Gasteiger charge is -2.35. The lowest BCUT2D eigenvalue weighted by molar-refractivity contribution is 0.210. The Hall–Kier alpha value is -5.54. The SMILES string of the molecule is C=C(Nc1cccc2c1NC1=C(C(c3ccc(OCc4ccccc4)cc3F)N2)S(=O)(=O)CC(C)(C)C1)OCC1c2ccccc2-c2ccccc21. The Bertz CT molecular complexity index is 2290. The van der Waals surface area contributed by atoms with Crippen molar-refractivity contribution in [1.82, 2.24) is 0 Å². The van der Waals surface area contributed by atoms with E-state index in [1.54, 1.807) is 12.1 Å². The van der Waals surface area contributed by atoms with Gasteiger partial charge in [0.15, 0.2) is 15.7 Å². The first-order valence-electron chi connectivity index (χ1n) is 17.4. The van der Waals surface area contributed by atoms with Gasteiger partial charge in [-0.3, -0.25) is 0 Å². The number of benzene rings is 5. The Morgan fingerprint density at radius 3 is 2.29 bits per heavy atom. The lowest BCUT2D eigenvalue weighted by atomic mass is 9.88. The summed E-state index contributed by atoms with van der Waals surface area (Å²) < 4.78 is 56.4. The molecule has 0 fully saturated rings. The van der Waals surface area contributed by atoms with Crippen molar-refractivity contribution < 1.29 is 22.3 Å². The van der Waals surface area contributed by atoms with Crippen LogP contribution in [0.15, 0.2) is 138 Å². The largest absolute Gasteiger partial charge is 0.489 e. The van der Waals surface area contributed by atoms with Crippen LogP contribution in [0.1, 0.15) is 54.5 Å². The quantitative estimate of drug-likeness (QED) is 0.131. The van der Waals surface area contributed by atoms with Gasteiger partial charge >= 0.3 is 0 Å². The number of rotatable bonds is 9. The van der Waals surface area contributed by atoms with E-state index in [2.05, 4.69) is 58.9 Å². The van der Waals surface area contributed by atoms with Crippen molar-refractivity contribution in [2.75, 3.05) is 28.3 Å². The number of hydrogen-bond donors (Lipinski definition) is 3. The third kappa shape index (κ3) is 6.41. The second-order valence-electron chi connectivity index (χ2n) is 14.4. The van der Waals surface area contributed by atoms with E-state index in [0.717, 1.165) is 5.56 Å². The maximum atomic E-state index is 16.1. The molecule has 3 N–H and O–H groups in total. The summed E-state index contributed by atoms with van der Waals surface area (Å²) in [5.41, 5.74) is 7.86. The van der Waals surface area contributed by atoms with E-state index in [4.69, 9.17) is 9.47 Å². The zero-order valence-corrected chi connectivity index (χ0v) is 29.9. The Kier molecular flexibility index (Phi) is 8.54. The van der Waals surface area contributed by atoms with Crippen LogP contribution >= 0.6 is 0 Å². The van der Waals surface area contributed by atoms with Gasteiger partial charge in [0.25, 0.3) is 0 Å². The summed E-state index contributed by atoms with van der Waals surface area (Å²) in [5, 5.41) is 10.2. The molecule has 2 heterocycles. The molecule has 0 saturated carbocycles. The van der Waals surface area contributed by atoms with Crippen LogP contribution in [0.5, 0.6) is 5.75 Å². The summed E-state index contributed by atoms with van der Waals surface area (Å²) in [6.45, 7) is 8.72. The molecule has 7 nitrogen and oxygen atoms in total. The van der Waals surface area contributed by atoms with Crippen molar-refractivity contribution in [1.29, 1.82) is 0 Å². The number of nitrogens with one attached hydrogen (secondary N) is 3. The Balaban J connectivity index is 1.08. The van der Waals surface area contributed by atoms with Crippen LogP contribution in [-0.2, 0) is 21.2 Å². The average Bonchev–Trinajstić information content (AvgIpc) is 3.32. The Morgan fingerprint density at radius 1 is 0.885 bits per heavy atom. The highest BCUT2D eigenvalue weighted by atomic mass is 32.2. The number of anilines is 3. The summed E-state index contributed by atoms with van der Waals surface area (Å²) in [4.78, 5) is 0.138. The van der Waals surface area contributed by atoms with Gasteiger partial charge in [0.1, 0.15) is 24.8 Å². The smallest absolute Gasteiger partial charge is 0.183 e. The number of halogens is 1. The molecule has 0 aromatic heterocycles. The number of sulfone groups is 1. The molecule has 0 spiro atoms. The van der Waals surface area contributed by atoms with E-state index >= 15 is 4.39 Å². The second-order valence-corrected chi connectivity index (χ2v) is 16.4. The fourth-order valence-electron chi connectivity index (χ4n) is 7.74. The number of hydrogen-bond acceptors (Lipinski definition) is 7. The maximum Gasteiger partial charge on any atom is 0.183 e. The van der Waals surface area contributed by atoms with Gasteiger partial charge in [-0.05, 0) is 70.5 Å². The van der Waals surface area contributed by atoms with Gasteiger partial charge < -0.3 is 25.4 Å². The average molecular weight is 714 g/mol. The maximum absolute atomic E-state index is 16.1. The molecule has 9 heteroatoms. The van der Waals surface area contributed by atoms with Crippen LogP contribution in [0.4, 0.5) is 21.5 Å². The van der Waals surface area contributed by atoms with Crippen LogP contribution in [-0.4, -0.2) is 20.8 Å². The molecule has 0 bridgehead atoms. The predicted octanol–water partition coefficient (Wildman–Crippen LogP) is 9.75. The van der Waals surface area contributed by atoms with Gasteiger partial charge in [-0.1, -0.05) is 98.8 Å². The standard InChI is InChI=1S/C43H40FN3O4S/c1-27(50-25-35-32-16-9-7-14-30(32)31-15-8-10-17-33(31)35)45-37-18-11-19-38-41(37)47-39-23-43(2,3)26-52(48,49)42(39)40(46-38)34-21-20-29(22-36(34)44)51-24-28-12-5-4-6-13-28/h4-22,35,40,45-47H,1,23-26H2,2-3H3. The minimum absolute atomic E-state index is 0.0480. The van der Waals surface area contributed by atoms with Crippen molar-refractivity contribution in [2.24, 2.45) is 5.41 Å². The summed E-state index contributed by atoms with van der Waals surface area (Å²) in [7, 11) is -3.81. The van der Waals surface area contributed by atoms with Gasteiger partial charge in [0, 0.05) is 23.2 Å². The van der Waals surface area contributed by atoms with E-state index in [-0.39, 0.29) is 28.7 Å². The molecule has 52 heavy (non-hydrogen) atoms. The fraction of sp³-hybridized carbons (Fsp3) is 0.209. The molecule has 1 aliphatic carbocycles. The second kappa shape index (κ2) is 13.2. The normalized spacial score (nSPS) is 18.0. The highest BCUT2D eigenvalue weighted by Crippen LogP contribution is 2.49. The molecule has 3 aliphatic rings. The number of ether oxygens (including phenoxy) is 2. The molecular weight excluding hydrogens is 674 g/mol. The van der Waals surface area contributed by atoms with Crippen molar-refractivity contribution in [3.8, 4) is 16.9 Å². The van der Waals surface area contributed by atoms with E-state index in [1.807, 2.05) is 74.5 Å². The molecule has 5 aromatic carbocycles. The van der Waals surface area contributed by atoms with Crippen molar-refractivity contribution in [3.63, 3.8) is 0 Å². The summed E-state index contributed by atoms with van der Waals surface area (Å²) in [6, 6.07) is 35.6. The summed E-state index contributed by atoms with van der Waals surface area (Å²) in [6.07, 6.45) is 0.450. The first-order chi connectivity index (χ1) is 25.1. The Morgan fingerprint density at radius 2 is 1.58 bits per heavy atom. The molecule has 1 unspecified atom stereocenters. The third-order valence-corrected chi connectivity index (χ3v) is 12.3. The van der Waals surface area contributed by atoms with Crippen LogP contribution in [0, 0.1) is 11.2 Å². The van der Waals surface area contributed by atoms with Crippen LogP contribution < -0.4 is 20.7 Å². The third-order valence-electron chi connectivity index (χ3n) is 9.96. The van der Waals surface area contributed by atoms with Gasteiger partial charge in [0.05, 0.1) is 33.8 Å². The molecule has 0 amide bonds. The molecule has 264 valence electrons. The first kappa shape index (κ1) is 33.6. The minimum atomic E-state index is -3.81. The predicted molar refractivity (Wildman–Crippen MR) is 205 cm³/mol. The molecule has 1 atom stereocenters. The summed E-state index contributed by atoms with van der Waals surface area (Å²) >= 11 is 0. The van der Waals surface area contributed by atoms with E-state index in [0.29, 0.717) is 47.4 Å². The first-order valence-corrected chi connectivity index (χ1v) is 19.1. The van der Waals surface area contributed by atoms with Crippen molar-refractivity contribution in [3.05, 3.63) is 166 Å². The van der Waals surface area contributed by atoms with Crippen LogP contribution in [0.3, 0.4) is 0 Å². The van der Waals surface area contributed by atoms with Crippen LogP contribution in [0.25, 0.3) is 11.1 Å². The molecule has 2 aliphatic heterocycles. The van der Waals surface area contributed by atoms with Crippen molar-refractivity contribution in [2.45, 2.75) is 38.8 Å². The molecule has 8 rings (SSSR count). The highest BCUT2D eigenvalue weighted by Gasteiger charge is 2.44. The molecule has 0 radical (unpaired) electrons. The highest BCUT2D eigenvalue weighted by molar-refractivity contribution is 7.95. The monoisotopic (exact) mass is 713 g/mol. The van der Waals surface area contributed by atoms with Crippen molar-refractivity contribution >= 4 is 26.9 Å². The molecule has 5 aromatic rings. The van der Waals surface area contributed by atoms with E-state index < -0.39 is 27.1 Å². The lowest BCUT2D eigenvalue weighted by Crippen LogP contribution is -2.35. The molecule has 0 saturated heterocycles. The topological polar surface area (TPSA) is 88.7 Å². The number of allylic oxidation sites excluding steroid dienone is 1. The summed E-state index contributed by atoms with van der Waals surface area (Å²) in [5.74, 6) is 0.128. The molecular formula is C43H40FN3O4S. The fourth-order valence-corrected chi connectivity index (χ4v) is 10.1. The van der Waals surface area contributed by atoms with E-state index in [9.17, 15) is 8.42 Å². The minimum Gasteiger partial charge on any atom is -0.489 e. The van der Waals surface area contributed by atoms with Gasteiger partial charge in [0.2, 0.25) is 0 Å². The zero-order valence-electron chi connectivity index (χ0n) is 29.1. The zero-order chi connectivity index (χ0) is 36.0. The number of para-hydroxylation sites is 1. The number of fused-ring (bicyclic) bond motifs is 4. The van der Waals surface area contributed by atoms with Crippen LogP contribution in [0.2, 0.25) is 0 Å². The Labute approximate surface area is 304 Å². The van der Waals surface area contributed by atoms with E-state index in [1.165, 1.54) is 28.3 Å². The van der Waals surface area contributed by atoms with Gasteiger partial charge in [-0.2, -0.15) is 0 Å². The van der Waals surface area contributed by atoms with Gasteiger partial charge in [-0.15, -0.1) is 0 Å². The van der Waals surface area contributed by atoms with Gasteiger partial charge in [-0.25, -0.2) is 12.8 Å².